The van der Waals surface area contributed by atoms with E-state index in [1.807, 2.05) is 6.92 Å². The molecule has 0 spiro atoms. The Bertz CT molecular complexity index is 727. The molecule has 5 heteroatoms. The lowest BCUT2D eigenvalue weighted by molar-refractivity contribution is -0.112. The molecule has 0 fully saturated rings. The first kappa shape index (κ1) is 14.4. The molecule has 0 saturated heterocycles. The number of carbonyl (C=O) groups excluding carboxylic acids is 1. The molecule has 0 atom stereocenters. The summed E-state index contributed by atoms with van der Waals surface area (Å²) in [4.78, 5) is 11.7. The van der Waals surface area contributed by atoms with Crippen molar-refractivity contribution in [2.24, 2.45) is 4.40 Å². The summed E-state index contributed by atoms with van der Waals surface area (Å²) in [5.41, 5.74) is 2.23. The molecular weight excluding hydrogens is 274 g/mol. The number of rotatable bonds is 2. The third-order valence-corrected chi connectivity index (χ3v) is 4.31. The fourth-order valence-corrected chi connectivity index (χ4v) is 2.85. The molecule has 0 aromatic heterocycles. The van der Waals surface area contributed by atoms with E-state index >= 15 is 0 Å². The van der Waals surface area contributed by atoms with Gasteiger partial charge in [0.15, 0.2) is 5.78 Å². The summed E-state index contributed by atoms with van der Waals surface area (Å²) < 4.78 is 28.1. The Morgan fingerprint density at radius 3 is 1.90 bits per heavy atom. The van der Waals surface area contributed by atoms with Crippen molar-refractivity contribution in [1.82, 2.24) is 0 Å². The van der Waals surface area contributed by atoms with Crippen molar-refractivity contribution in [3.63, 3.8) is 0 Å². The first-order valence-corrected chi connectivity index (χ1v) is 7.56. The third-order valence-electron chi connectivity index (χ3n) is 2.99. The highest BCUT2D eigenvalue weighted by Crippen LogP contribution is 2.17. The fraction of sp³-hybridized carbons (Fsp3) is 0.200. The molecule has 4 nitrogen and oxygen atoms in total. The summed E-state index contributed by atoms with van der Waals surface area (Å²) in [5.74, 6) is -0.0864. The van der Waals surface area contributed by atoms with Gasteiger partial charge in [-0.25, -0.2) is 0 Å². The molecule has 0 amide bonds. The summed E-state index contributed by atoms with van der Waals surface area (Å²) in [5, 5.41) is 0. The highest BCUT2D eigenvalue weighted by atomic mass is 32.2. The Hall–Kier alpha value is -2.01. The van der Waals surface area contributed by atoms with Crippen LogP contribution in [0.15, 0.2) is 56.9 Å². The van der Waals surface area contributed by atoms with Crippen LogP contribution in [0.1, 0.15) is 19.4 Å². The van der Waals surface area contributed by atoms with E-state index in [1.165, 1.54) is 24.3 Å². The minimum absolute atomic E-state index is 0.0864. The molecule has 0 aliphatic heterocycles. The second kappa shape index (κ2) is 5.17. The number of allylic oxidation sites excluding steroid dienone is 4. The summed E-state index contributed by atoms with van der Waals surface area (Å²) >= 11 is 0. The van der Waals surface area contributed by atoms with E-state index in [9.17, 15) is 13.2 Å². The number of carbonyl (C=O) groups is 1. The van der Waals surface area contributed by atoms with Gasteiger partial charge >= 0.3 is 0 Å². The molecule has 0 heterocycles. The topological polar surface area (TPSA) is 63.6 Å². The first-order valence-electron chi connectivity index (χ1n) is 6.12. The smallest absolute Gasteiger partial charge is 0.282 e. The Kier molecular flexibility index (Phi) is 3.72. The molecule has 0 unspecified atom stereocenters. The Balaban J connectivity index is 2.44. The van der Waals surface area contributed by atoms with Crippen molar-refractivity contribution < 1.29 is 13.2 Å². The van der Waals surface area contributed by atoms with Crippen LogP contribution in [0.3, 0.4) is 0 Å². The van der Waals surface area contributed by atoms with Crippen LogP contribution in [0.5, 0.6) is 0 Å². The van der Waals surface area contributed by atoms with E-state index in [2.05, 4.69) is 4.40 Å². The maximum atomic E-state index is 12.2. The van der Waals surface area contributed by atoms with Gasteiger partial charge in [0.1, 0.15) is 0 Å². The third kappa shape index (κ3) is 2.93. The average molecular weight is 289 g/mol. The Morgan fingerprint density at radius 2 is 1.40 bits per heavy atom. The number of ketones is 1. The van der Waals surface area contributed by atoms with Crippen molar-refractivity contribution >= 4 is 21.5 Å². The van der Waals surface area contributed by atoms with Gasteiger partial charge in [0.2, 0.25) is 0 Å². The highest BCUT2D eigenvalue weighted by Gasteiger charge is 2.17. The number of hydrogen-bond acceptors (Lipinski definition) is 3. The maximum Gasteiger partial charge on any atom is 0.282 e. The zero-order valence-electron chi connectivity index (χ0n) is 11.5. The number of sulfonamides is 1. The monoisotopic (exact) mass is 289 g/mol. The predicted octanol–water partition coefficient (Wildman–Crippen LogP) is 2.60. The minimum atomic E-state index is -3.75. The van der Waals surface area contributed by atoms with E-state index in [1.54, 1.807) is 26.0 Å². The summed E-state index contributed by atoms with van der Waals surface area (Å²) in [6.07, 6.45) is 2.97. The normalized spacial score (nSPS) is 15.8. The lowest BCUT2D eigenvalue weighted by Crippen LogP contribution is -2.12. The maximum absolute atomic E-state index is 12.2. The SMILES string of the molecule is CC1=CC(=NS(=O)(=O)c2ccc(C)cc2)C=C(C)C1=O. The second-order valence-corrected chi connectivity index (χ2v) is 6.39. The van der Waals surface area contributed by atoms with Crippen LogP contribution in [-0.4, -0.2) is 19.9 Å². The van der Waals surface area contributed by atoms with Gasteiger partial charge in [0.25, 0.3) is 10.0 Å². The van der Waals surface area contributed by atoms with Gasteiger partial charge in [-0.05, 0) is 56.2 Å². The standard InChI is InChI=1S/C15H15NO3S/c1-10-4-6-14(7-5-10)20(18,19)16-13-8-11(2)15(17)12(3)9-13/h4-9H,1-3H3. The molecule has 1 aliphatic carbocycles. The van der Waals surface area contributed by atoms with Crippen molar-refractivity contribution in [3.05, 3.63) is 53.1 Å². The molecule has 1 aromatic rings. The summed E-state index contributed by atoms with van der Waals surface area (Å²) in [6, 6.07) is 6.49. The number of aryl methyl sites for hydroxylation is 1. The van der Waals surface area contributed by atoms with Crippen LogP contribution in [0.25, 0.3) is 0 Å². The molecule has 20 heavy (non-hydrogen) atoms. The molecule has 0 saturated carbocycles. The largest absolute Gasteiger partial charge is 0.289 e. The number of hydrogen-bond donors (Lipinski definition) is 0. The Morgan fingerprint density at radius 1 is 0.900 bits per heavy atom. The molecule has 2 rings (SSSR count). The van der Waals surface area contributed by atoms with Crippen LogP contribution < -0.4 is 0 Å². The van der Waals surface area contributed by atoms with Crippen LogP contribution in [0.4, 0.5) is 0 Å². The molecule has 1 aliphatic rings. The Labute approximate surface area is 118 Å². The van der Waals surface area contributed by atoms with E-state index in [0.29, 0.717) is 11.1 Å². The van der Waals surface area contributed by atoms with Gasteiger partial charge < -0.3 is 0 Å². The first-order chi connectivity index (χ1) is 9.29. The van der Waals surface area contributed by atoms with Crippen molar-refractivity contribution in [2.45, 2.75) is 25.7 Å². The number of Topliss-reactive ketones (excluding diaryl/α,β-unsaturated/α-hetero) is 1. The lowest BCUT2D eigenvalue weighted by Gasteiger charge is -2.08. The average Bonchev–Trinajstić information content (AvgIpc) is 2.36. The minimum Gasteiger partial charge on any atom is -0.289 e. The molecule has 1 aromatic carbocycles. The summed E-state index contributed by atoms with van der Waals surface area (Å²) in [7, 11) is -3.75. The number of nitrogens with zero attached hydrogens (tertiary/aromatic N) is 1. The molecular formula is C15H15NO3S. The van der Waals surface area contributed by atoms with E-state index in [-0.39, 0.29) is 16.4 Å². The summed E-state index contributed by atoms with van der Waals surface area (Å²) in [6.45, 7) is 5.17. The van der Waals surface area contributed by atoms with Crippen LogP contribution in [-0.2, 0) is 14.8 Å². The van der Waals surface area contributed by atoms with Crippen LogP contribution in [0.2, 0.25) is 0 Å². The van der Waals surface area contributed by atoms with Gasteiger partial charge in [-0.15, -0.1) is 0 Å². The van der Waals surface area contributed by atoms with Gasteiger partial charge in [-0.1, -0.05) is 17.7 Å². The quantitative estimate of drug-likeness (QED) is 0.786. The zero-order valence-corrected chi connectivity index (χ0v) is 12.4. The van der Waals surface area contributed by atoms with E-state index in [4.69, 9.17) is 0 Å². The highest BCUT2D eigenvalue weighted by molar-refractivity contribution is 7.90. The van der Waals surface area contributed by atoms with Gasteiger partial charge in [0.05, 0.1) is 10.6 Å². The van der Waals surface area contributed by atoms with Crippen molar-refractivity contribution in [2.75, 3.05) is 0 Å². The van der Waals surface area contributed by atoms with Crippen molar-refractivity contribution in [3.8, 4) is 0 Å². The van der Waals surface area contributed by atoms with Crippen LogP contribution in [0, 0.1) is 6.92 Å². The van der Waals surface area contributed by atoms with Crippen LogP contribution >= 0.6 is 0 Å². The predicted molar refractivity (Wildman–Crippen MR) is 78.3 cm³/mol. The van der Waals surface area contributed by atoms with E-state index in [0.717, 1.165) is 5.56 Å². The molecule has 0 N–H and O–H groups in total. The lowest BCUT2D eigenvalue weighted by atomic mass is 9.98. The van der Waals surface area contributed by atoms with Gasteiger partial charge in [-0.3, -0.25) is 4.79 Å². The molecule has 104 valence electrons. The molecule has 0 bridgehead atoms. The zero-order chi connectivity index (χ0) is 14.9. The number of benzene rings is 1. The van der Waals surface area contributed by atoms with Gasteiger partial charge in [-0.2, -0.15) is 12.8 Å². The van der Waals surface area contributed by atoms with Crippen molar-refractivity contribution in [1.29, 1.82) is 0 Å². The fourth-order valence-electron chi connectivity index (χ4n) is 1.88. The molecule has 0 radical (unpaired) electrons. The van der Waals surface area contributed by atoms with Gasteiger partial charge in [0, 0.05) is 0 Å². The van der Waals surface area contributed by atoms with E-state index < -0.39 is 10.0 Å². The second-order valence-electron chi connectivity index (χ2n) is 4.79.